The first-order valence-corrected chi connectivity index (χ1v) is 12.6. The molecule has 1 unspecified atom stereocenters. The summed E-state index contributed by atoms with van der Waals surface area (Å²) in [7, 11) is 0. The summed E-state index contributed by atoms with van der Waals surface area (Å²) in [5, 5.41) is 13.6. The number of nitriles is 1. The lowest BCUT2D eigenvalue weighted by molar-refractivity contribution is -0.134. The fourth-order valence-electron chi connectivity index (χ4n) is 5.15. The Morgan fingerprint density at radius 2 is 2.11 bits per heavy atom. The second kappa shape index (κ2) is 9.71. The number of carbonyl (C=O) groups excluding carboxylic acids is 2. The highest BCUT2D eigenvalue weighted by Crippen LogP contribution is 2.52. The zero-order valence-electron chi connectivity index (χ0n) is 20.0. The lowest BCUT2D eigenvalue weighted by Crippen LogP contribution is -2.51. The maximum atomic E-state index is 14.2. The molecule has 2 atom stereocenters. The summed E-state index contributed by atoms with van der Waals surface area (Å²) >= 11 is 5.98. The van der Waals surface area contributed by atoms with E-state index < -0.39 is 42.8 Å². The van der Waals surface area contributed by atoms with Gasteiger partial charge in [-0.1, -0.05) is 42.0 Å². The van der Waals surface area contributed by atoms with E-state index in [2.05, 4.69) is 16.4 Å². The highest BCUT2D eigenvalue weighted by molar-refractivity contribution is 6.31. The van der Waals surface area contributed by atoms with Gasteiger partial charge in [-0.05, 0) is 60.9 Å². The molecule has 6 nitrogen and oxygen atoms in total. The molecule has 3 aliphatic rings. The maximum Gasteiger partial charge on any atom is 0.268 e. The summed E-state index contributed by atoms with van der Waals surface area (Å²) in [4.78, 5) is 31.3. The van der Waals surface area contributed by atoms with E-state index in [1.54, 1.807) is 6.07 Å². The number of likely N-dealkylation sites (tertiary alicyclic amines) is 1. The van der Waals surface area contributed by atoms with Gasteiger partial charge < -0.3 is 10.2 Å². The Hall–Kier alpha value is -3.57. The highest BCUT2D eigenvalue weighted by Gasteiger charge is 2.62. The third-order valence-corrected chi connectivity index (χ3v) is 7.46. The zero-order chi connectivity index (χ0) is 26.2. The lowest BCUT2D eigenvalue weighted by Gasteiger charge is -2.31. The molecule has 2 amide bonds. The first kappa shape index (κ1) is 25.1. The Morgan fingerprint density at radius 1 is 1.30 bits per heavy atom. The van der Waals surface area contributed by atoms with Gasteiger partial charge in [0.05, 0.1) is 36.7 Å². The van der Waals surface area contributed by atoms with Gasteiger partial charge in [0.1, 0.15) is 5.54 Å². The number of rotatable bonds is 6. The molecule has 0 spiro atoms. The van der Waals surface area contributed by atoms with Crippen molar-refractivity contribution in [3.05, 3.63) is 70.9 Å². The van der Waals surface area contributed by atoms with Crippen LogP contribution in [0.2, 0.25) is 0 Å². The number of pyridine rings is 1. The van der Waals surface area contributed by atoms with Gasteiger partial charge in [-0.3, -0.25) is 14.6 Å². The van der Waals surface area contributed by atoms with Gasteiger partial charge in [0, 0.05) is 16.6 Å². The summed E-state index contributed by atoms with van der Waals surface area (Å²) in [6.45, 7) is -1.28. The van der Waals surface area contributed by atoms with E-state index in [-0.39, 0.29) is 11.8 Å². The van der Waals surface area contributed by atoms with Crippen LogP contribution in [-0.2, 0) is 4.79 Å². The van der Waals surface area contributed by atoms with Crippen LogP contribution in [0.25, 0.3) is 17.0 Å². The van der Waals surface area contributed by atoms with Crippen molar-refractivity contribution >= 4 is 40.4 Å². The Kier molecular flexibility index (Phi) is 6.59. The smallest absolute Gasteiger partial charge is 0.268 e. The van der Waals surface area contributed by atoms with E-state index in [0.29, 0.717) is 29.3 Å². The van der Waals surface area contributed by atoms with Crippen molar-refractivity contribution in [1.82, 2.24) is 15.2 Å². The fraction of sp³-hybridized carbons (Fsp3) is 0.357. The lowest BCUT2D eigenvalue weighted by atomic mass is 9.91. The molecule has 1 aromatic carbocycles. The number of carbonyl (C=O) groups is 2. The molecule has 5 rings (SSSR count). The van der Waals surface area contributed by atoms with Gasteiger partial charge >= 0.3 is 0 Å². The molecule has 1 saturated carbocycles. The van der Waals surface area contributed by atoms with Crippen molar-refractivity contribution in [3.63, 3.8) is 0 Å². The SMILES string of the molecule is N#C[C@]1(C2CC2)CC(F)(F)CN1C(=O)CNC(=O)c1ccnc2ccc(/C=C/C3C=CC(Cl)=CC3)cc12. The largest absolute Gasteiger partial charge is 0.343 e. The first-order valence-electron chi connectivity index (χ1n) is 12.2. The molecule has 2 heterocycles. The number of alkyl halides is 2. The number of hydrogen-bond donors (Lipinski definition) is 1. The van der Waals surface area contributed by atoms with Crippen LogP contribution < -0.4 is 5.32 Å². The van der Waals surface area contributed by atoms with E-state index in [4.69, 9.17) is 11.6 Å². The Morgan fingerprint density at radius 3 is 2.81 bits per heavy atom. The quantitative estimate of drug-likeness (QED) is 0.564. The first-order chi connectivity index (χ1) is 17.7. The van der Waals surface area contributed by atoms with Gasteiger partial charge in [-0.15, -0.1) is 0 Å². The maximum absolute atomic E-state index is 14.2. The molecule has 1 aromatic heterocycles. The van der Waals surface area contributed by atoms with Crippen molar-refractivity contribution in [2.45, 2.75) is 37.1 Å². The Labute approximate surface area is 218 Å². The minimum atomic E-state index is -3.13. The number of aromatic nitrogens is 1. The summed E-state index contributed by atoms with van der Waals surface area (Å²) in [6.07, 6.45) is 12.8. The van der Waals surface area contributed by atoms with E-state index in [9.17, 15) is 23.6 Å². The average molecular weight is 523 g/mol. The van der Waals surface area contributed by atoms with Gasteiger partial charge in [0.2, 0.25) is 5.91 Å². The minimum absolute atomic E-state index is 0.218. The molecule has 9 heteroatoms. The molecule has 1 N–H and O–H groups in total. The number of allylic oxidation sites excluding steroid dienone is 5. The molecular formula is C28H25ClF2N4O2. The Bertz CT molecular complexity index is 1390. The van der Waals surface area contributed by atoms with Crippen LogP contribution in [0.5, 0.6) is 0 Å². The number of halogens is 3. The van der Waals surface area contributed by atoms with Crippen LogP contribution in [0.4, 0.5) is 8.78 Å². The number of nitrogens with one attached hydrogen (secondary N) is 1. The van der Waals surface area contributed by atoms with Gasteiger partial charge in [-0.2, -0.15) is 5.26 Å². The molecular weight excluding hydrogens is 498 g/mol. The summed E-state index contributed by atoms with van der Waals surface area (Å²) in [5.74, 6) is -4.36. The topological polar surface area (TPSA) is 86.1 Å². The fourth-order valence-corrected chi connectivity index (χ4v) is 5.31. The second-order valence-corrected chi connectivity index (χ2v) is 10.3. The average Bonchev–Trinajstić information content (AvgIpc) is 3.70. The van der Waals surface area contributed by atoms with Gasteiger partial charge in [0.25, 0.3) is 11.8 Å². The van der Waals surface area contributed by atoms with Crippen LogP contribution in [0, 0.1) is 23.2 Å². The number of amides is 2. The Balaban J connectivity index is 1.31. The molecule has 2 aliphatic carbocycles. The van der Waals surface area contributed by atoms with Crippen LogP contribution >= 0.6 is 11.6 Å². The predicted molar refractivity (Wildman–Crippen MR) is 137 cm³/mol. The number of hydrogen-bond acceptors (Lipinski definition) is 4. The van der Waals surface area contributed by atoms with E-state index >= 15 is 0 Å². The zero-order valence-corrected chi connectivity index (χ0v) is 20.7. The molecule has 0 bridgehead atoms. The monoisotopic (exact) mass is 522 g/mol. The number of nitrogens with zero attached hydrogens (tertiary/aromatic N) is 3. The summed E-state index contributed by atoms with van der Waals surface area (Å²) < 4.78 is 28.5. The third-order valence-electron chi connectivity index (χ3n) is 7.18. The van der Waals surface area contributed by atoms with E-state index in [0.717, 1.165) is 21.9 Å². The highest BCUT2D eigenvalue weighted by atomic mass is 35.5. The minimum Gasteiger partial charge on any atom is -0.343 e. The molecule has 2 aromatic rings. The van der Waals surface area contributed by atoms with Crippen molar-refractivity contribution in [2.75, 3.05) is 13.1 Å². The van der Waals surface area contributed by atoms with Crippen molar-refractivity contribution in [2.24, 2.45) is 11.8 Å². The van der Waals surface area contributed by atoms with Crippen molar-refractivity contribution in [3.8, 4) is 6.07 Å². The standard InChI is InChI=1S/C28H25ClF2N4O2/c29-21-8-3-18(4-9-21)1-2-19-5-10-24-23(13-19)22(11-12-33-24)26(37)34-14-25(36)35-17-28(30,31)15-27(35,16-32)20-6-7-20/h1-3,5,8-13,18,20H,4,6-7,14-15,17H2,(H,34,37)/b2-1+/t18?,27-/m0/s1. The molecule has 2 fully saturated rings. The van der Waals surface area contributed by atoms with Crippen LogP contribution in [0.15, 0.2) is 59.8 Å². The normalized spacial score (nSPS) is 24.8. The van der Waals surface area contributed by atoms with Crippen LogP contribution in [-0.4, -0.2) is 46.2 Å². The number of benzene rings is 1. The van der Waals surface area contributed by atoms with Gasteiger partial charge in [0.15, 0.2) is 0 Å². The predicted octanol–water partition coefficient (Wildman–Crippen LogP) is 5.22. The van der Waals surface area contributed by atoms with Crippen LogP contribution in [0.3, 0.4) is 0 Å². The number of fused-ring (bicyclic) bond motifs is 1. The summed E-state index contributed by atoms with van der Waals surface area (Å²) in [5.41, 5.74) is 0.299. The van der Waals surface area contributed by atoms with Crippen molar-refractivity contribution < 1.29 is 18.4 Å². The van der Waals surface area contributed by atoms with E-state index in [1.807, 2.05) is 48.6 Å². The van der Waals surface area contributed by atoms with Gasteiger partial charge in [-0.25, -0.2) is 8.78 Å². The van der Waals surface area contributed by atoms with Crippen LogP contribution in [0.1, 0.15) is 41.6 Å². The summed E-state index contributed by atoms with van der Waals surface area (Å²) in [6, 6.07) is 9.12. The molecule has 1 saturated heterocycles. The van der Waals surface area contributed by atoms with Crippen molar-refractivity contribution in [1.29, 1.82) is 5.26 Å². The van der Waals surface area contributed by atoms with E-state index in [1.165, 1.54) is 6.20 Å². The third kappa shape index (κ3) is 5.14. The molecule has 0 radical (unpaired) electrons. The second-order valence-electron chi connectivity index (χ2n) is 9.85. The molecule has 190 valence electrons. The molecule has 37 heavy (non-hydrogen) atoms. The molecule has 1 aliphatic heterocycles.